The lowest BCUT2D eigenvalue weighted by atomic mass is 10.2. The van der Waals surface area contributed by atoms with Gasteiger partial charge in [0.1, 0.15) is 5.75 Å². The van der Waals surface area contributed by atoms with Gasteiger partial charge in [0.25, 0.3) is 0 Å². The first-order valence-corrected chi connectivity index (χ1v) is 6.89. The largest absolute Gasteiger partial charge is 0.495 e. The molecular weight excluding hydrogens is 254 g/mol. The lowest BCUT2D eigenvalue weighted by Gasteiger charge is -2.37. The average molecular weight is 275 g/mol. The van der Waals surface area contributed by atoms with Crippen LogP contribution in [-0.4, -0.2) is 50.8 Å². The third kappa shape index (κ3) is 3.56. The Bertz CT molecular complexity index is 478. The Balaban J connectivity index is 1.92. The van der Waals surface area contributed by atoms with Crippen LogP contribution < -0.4 is 9.64 Å². The molecule has 1 saturated heterocycles. The van der Waals surface area contributed by atoms with E-state index in [-0.39, 0.29) is 6.04 Å². The highest BCUT2D eigenvalue weighted by Crippen LogP contribution is 2.28. The van der Waals surface area contributed by atoms with Crippen molar-refractivity contribution >= 4 is 5.69 Å². The lowest BCUT2D eigenvalue weighted by Crippen LogP contribution is -2.48. The maximum absolute atomic E-state index is 8.43. The molecule has 1 aliphatic rings. The van der Waals surface area contributed by atoms with Gasteiger partial charge in [-0.2, -0.15) is 0 Å². The zero-order valence-corrected chi connectivity index (χ0v) is 12.1. The average Bonchev–Trinajstić information content (AvgIpc) is 2.48. The number of methoxy groups -OCH3 is 1. The van der Waals surface area contributed by atoms with E-state index < -0.39 is 0 Å². The van der Waals surface area contributed by atoms with Crippen LogP contribution >= 0.6 is 0 Å². The van der Waals surface area contributed by atoms with Crippen LogP contribution in [0.4, 0.5) is 5.69 Å². The fourth-order valence-electron chi connectivity index (χ4n) is 2.56. The van der Waals surface area contributed by atoms with E-state index in [1.807, 2.05) is 25.1 Å². The molecule has 6 nitrogen and oxygen atoms in total. The summed E-state index contributed by atoms with van der Waals surface area (Å²) in [5.74, 6) is 0.920. The normalized spacial score (nSPS) is 17.4. The first-order chi connectivity index (χ1) is 9.74. The van der Waals surface area contributed by atoms with Crippen molar-refractivity contribution in [2.75, 3.05) is 44.7 Å². The van der Waals surface area contributed by atoms with E-state index >= 15 is 0 Å². The molecule has 0 bridgehead atoms. The van der Waals surface area contributed by atoms with Crippen LogP contribution in [0.3, 0.4) is 0 Å². The van der Waals surface area contributed by atoms with E-state index in [1.165, 1.54) is 0 Å². The number of azide groups is 1. The molecule has 2 rings (SSSR count). The van der Waals surface area contributed by atoms with Crippen molar-refractivity contribution in [2.24, 2.45) is 5.11 Å². The highest BCUT2D eigenvalue weighted by atomic mass is 16.5. The number of rotatable bonds is 5. The number of nitrogens with zero attached hydrogens (tertiary/aromatic N) is 5. The van der Waals surface area contributed by atoms with Gasteiger partial charge in [-0.25, -0.2) is 0 Å². The number of benzene rings is 1. The minimum atomic E-state index is 0.0258. The molecule has 6 heteroatoms. The molecule has 1 atom stereocenters. The smallest absolute Gasteiger partial charge is 0.142 e. The molecule has 0 aromatic heterocycles. The zero-order chi connectivity index (χ0) is 14.4. The van der Waals surface area contributed by atoms with Crippen LogP contribution in [0.2, 0.25) is 0 Å². The van der Waals surface area contributed by atoms with Gasteiger partial charge in [0.15, 0.2) is 0 Å². The van der Waals surface area contributed by atoms with Gasteiger partial charge in [-0.05, 0) is 17.7 Å². The number of ether oxygens (including phenoxy) is 1. The van der Waals surface area contributed by atoms with Crippen molar-refractivity contribution in [3.8, 4) is 5.75 Å². The number of anilines is 1. The minimum Gasteiger partial charge on any atom is -0.495 e. The molecule has 1 aliphatic heterocycles. The summed E-state index contributed by atoms with van der Waals surface area (Å²) in [6.07, 6.45) is 0. The Morgan fingerprint density at radius 1 is 1.30 bits per heavy atom. The van der Waals surface area contributed by atoms with Crippen LogP contribution in [0.15, 0.2) is 29.4 Å². The molecule has 108 valence electrons. The molecule has 20 heavy (non-hydrogen) atoms. The summed E-state index contributed by atoms with van der Waals surface area (Å²) in [6, 6.07) is 8.13. The molecule has 0 saturated carbocycles. The first-order valence-electron chi connectivity index (χ1n) is 6.89. The standard InChI is InChI=1S/C14H21N5O/c1-12(16-17-15)11-18-7-9-19(10-8-18)13-5-3-4-6-14(13)20-2/h3-6,12H,7-11H2,1-2H3. The molecule has 0 amide bonds. The van der Waals surface area contributed by atoms with Gasteiger partial charge in [0, 0.05) is 43.7 Å². The van der Waals surface area contributed by atoms with Crippen molar-refractivity contribution < 1.29 is 4.74 Å². The van der Waals surface area contributed by atoms with Crippen LogP contribution in [0.1, 0.15) is 6.92 Å². The van der Waals surface area contributed by atoms with E-state index in [0.29, 0.717) is 0 Å². The third-order valence-corrected chi connectivity index (χ3v) is 3.57. The molecule has 0 aliphatic carbocycles. The van der Waals surface area contributed by atoms with E-state index in [4.69, 9.17) is 10.3 Å². The Morgan fingerprint density at radius 3 is 2.65 bits per heavy atom. The second kappa shape index (κ2) is 7.03. The Labute approximate surface area is 119 Å². The number of piperazine rings is 1. The van der Waals surface area contributed by atoms with Crippen LogP contribution in [0.25, 0.3) is 10.4 Å². The highest BCUT2D eigenvalue weighted by Gasteiger charge is 2.20. The predicted molar refractivity (Wildman–Crippen MR) is 80.3 cm³/mol. The predicted octanol–water partition coefficient (Wildman–Crippen LogP) is 2.52. The SMILES string of the molecule is COc1ccccc1N1CCN(CC(C)N=[N+]=[N-])CC1. The summed E-state index contributed by atoms with van der Waals surface area (Å²) in [5, 5.41) is 3.73. The van der Waals surface area contributed by atoms with Crippen molar-refractivity contribution in [3.05, 3.63) is 34.7 Å². The quantitative estimate of drug-likeness (QED) is 0.471. The molecule has 1 heterocycles. The van der Waals surface area contributed by atoms with E-state index in [0.717, 1.165) is 44.2 Å². The maximum atomic E-state index is 8.43. The number of para-hydroxylation sites is 2. The summed E-state index contributed by atoms with van der Waals surface area (Å²) < 4.78 is 5.41. The van der Waals surface area contributed by atoms with Gasteiger partial charge < -0.3 is 9.64 Å². The summed E-state index contributed by atoms with van der Waals surface area (Å²) in [5.41, 5.74) is 9.58. The molecule has 1 fully saturated rings. The van der Waals surface area contributed by atoms with Gasteiger partial charge in [-0.15, -0.1) is 0 Å². The molecule has 1 aromatic carbocycles. The second-order valence-electron chi connectivity index (χ2n) is 5.01. The Hall–Kier alpha value is -1.91. The van der Waals surface area contributed by atoms with Crippen molar-refractivity contribution in [1.82, 2.24) is 4.90 Å². The van der Waals surface area contributed by atoms with E-state index in [1.54, 1.807) is 7.11 Å². The van der Waals surface area contributed by atoms with Crippen LogP contribution in [0, 0.1) is 0 Å². The van der Waals surface area contributed by atoms with Crippen molar-refractivity contribution in [3.63, 3.8) is 0 Å². The van der Waals surface area contributed by atoms with Gasteiger partial charge in [-0.3, -0.25) is 4.90 Å². The maximum Gasteiger partial charge on any atom is 0.142 e. The molecule has 0 N–H and O–H groups in total. The zero-order valence-electron chi connectivity index (χ0n) is 12.1. The van der Waals surface area contributed by atoms with Crippen LogP contribution in [0.5, 0.6) is 5.75 Å². The summed E-state index contributed by atoms with van der Waals surface area (Å²) >= 11 is 0. The molecular formula is C14H21N5O. The topological polar surface area (TPSA) is 64.5 Å². The fraction of sp³-hybridized carbons (Fsp3) is 0.571. The Kier molecular flexibility index (Phi) is 5.09. The molecule has 0 radical (unpaired) electrons. The molecule has 1 aromatic rings. The number of hydrogen-bond acceptors (Lipinski definition) is 4. The molecule has 0 spiro atoms. The first kappa shape index (κ1) is 14.5. The van der Waals surface area contributed by atoms with Gasteiger partial charge in [-0.1, -0.05) is 24.2 Å². The number of hydrogen-bond donors (Lipinski definition) is 0. The second-order valence-corrected chi connectivity index (χ2v) is 5.01. The minimum absolute atomic E-state index is 0.0258. The highest BCUT2D eigenvalue weighted by molar-refractivity contribution is 5.58. The van der Waals surface area contributed by atoms with Crippen molar-refractivity contribution in [2.45, 2.75) is 13.0 Å². The summed E-state index contributed by atoms with van der Waals surface area (Å²) in [7, 11) is 1.71. The lowest BCUT2D eigenvalue weighted by molar-refractivity contribution is 0.246. The summed E-state index contributed by atoms with van der Waals surface area (Å²) in [6.45, 7) is 6.65. The fourth-order valence-corrected chi connectivity index (χ4v) is 2.56. The summed E-state index contributed by atoms with van der Waals surface area (Å²) in [4.78, 5) is 7.54. The van der Waals surface area contributed by atoms with Gasteiger partial charge >= 0.3 is 0 Å². The van der Waals surface area contributed by atoms with Gasteiger partial charge in [0.05, 0.1) is 12.8 Å². The Morgan fingerprint density at radius 2 is 2.00 bits per heavy atom. The monoisotopic (exact) mass is 275 g/mol. The van der Waals surface area contributed by atoms with Crippen LogP contribution in [-0.2, 0) is 0 Å². The molecule has 1 unspecified atom stereocenters. The third-order valence-electron chi connectivity index (χ3n) is 3.57. The van der Waals surface area contributed by atoms with Gasteiger partial charge in [0.2, 0.25) is 0 Å². The van der Waals surface area contributed by atoms with E-state index in [9.17, 15) is 0 Å². The van der Waals surface area contributed by atoms with E-state index in [2.05, 4.69) is 25.9 Å². The van der Waals surface area contributed by atoms with Crippen molar-refractivity contribution in [1.29, 1.82) is 0 Å².